The highest BCUT2D eigenvalue weighted by Gasteiger charge is 2.21. The van der Waals surface area contributed by atoms with Gasteiger partial charge in [0.1, 0.15) is 11.6 Å². The van der Waals surface area contributed by atoms with Gasteiger partial charge >= 0.3 is 11.9 Å². The molecule has 0 saturated carbocycles. The Hall–Kier alpha value is -3.29. The number of nitrogens with one attached hydrogen (secondary N) is 1. The van der Waals surface area contributed by atoms with Gasteiger partial charge in [0.15, 0.2) is 5.57 Å². The van der Waals surface area contributed by atoms with Crippen LogP contribution in [-0.2, 0) is 20.9 Å². The number of hydrogen-bond donors (Lipinski definition) is 2. The van der Waals surface area contributed by atoms with Gasteiger partial charge in [-0.25, -0.2) is 14.3 Å². The van der Waals surface area contributed by atoms with Crippen molar-refractivity contribution in [2.45, 2.75) is 39.8 Å². The van der Waals surface area contributed by atoms with Crippen molar-refractivity contribution >= 4 is 17.8 Å². The molecule has 1 heterocycles. The first-order valence-electron chi connectivity index (χ1n) is 8.92. The number of carboxylic acid groups (broad SMARTS) is 1. The number of carboxylic acids is 1. The van der Waals surface area contributed by atoms with E-state index in [1.165, 1.54) is 0 Å². The SMILES string of the molecule is CCC(C)OC(=O)C(=CNc1cc(C)nn1Cc1ccc(OC)cc1)C(=O)O. The Morgan fingerprint density at radius 3 is 2.57 bits per heavy atom. The molecule has 0 spiro atoms. The smallest absolute Gasteiger partial charge is 0.347 e. The van der Waals surface area contributed by atoms with Gasteiger partial charge in [-0.05, 0) is 38.0 Å². The van der Waals surface area contributed by atoms with Crippen LogP contribution in [0.5, 0.6) is 5.75 Å². The molecule has 0 aliphatic carbocycles. The summed E-state index contributed by atoms with van der Waals surface area (Å²) in [6, 6.07) is 9.31. The highest BCUT2D eigenvalue weighted by Crippen LogP contribution is 2.16. The molecule has 0 fully saturated rings. The maximum atomic E-state index is 12.1. The lowest BCUT2D eigenvalue weighted by atomic mass is 10.2. The molecule has 0 aliphatic rings. The lowest BCUT2D eigenvalue weighted by Gasteiger charge is -2.12. The minimum Gasteiger partial charge on any atom is -0.497 e. The Morgan fingerprint density at radius 2 is 2.00 bits per heavy atom. The van der Waals surface area contributed by atoms with Gasteiger partial charge in [0.25, 0.3) is 0 Å². The molecule has 0 bridgehead atoms. The molecule has 0 aliphatic heterocycles. The van der Waals surface area contributed by atoms with E-state index in [1.807, 2.05) is 38.1 Å². The Labute approximate surface area is 163 Å². The van der Waals surface area contributed by atoms with Gasteiger partial charge in [0.2, 0.25) is 0 Å². The van der Waals surface area contributed by atoms with Gasteiger partial charge in [-0.15, -0.1) is 0 Å². The van der Waals surface area contributed by atoms with E-state index in [0.717, 1.165) is 23.2 Å². The number of ether oxygens (including phenoxy) is 2. The van der Waals surface area contributed by atoms with Crippen LogP contribution in [0.4, 0.5) is 5.82 Å². The predicted molar refractivity (Wildman–Crippen MR) is 104 cm³/mol. The van der Waals surface area contributed by atoms with E-state index in [2.05, 4.69) is 10.4 Å². The highest BCUT2D eigenvalue weighted by atomic mass is 16.5. The van der Waals surface area contributed by atoms with Gasteiger partial charge in [0.05, 0.1) is 25.5 Å². The number of rotatable bonds is 9. The average Bonchev–Trinajstić information content (AvgIpc) is 3.01. The Balaban J connectivity index is 2.19. The number of anilines is 1. The molecular formula is C20H25N3O5. The van der Waals surface area contributed by atoms with Crippen molar-refractivity contribution in [3.8, 4) is 5.75 Å². The molecule has 8 nitrogen and oxygen atoms in total. The maximum absolute atomic E-state index is 12.1. The number of esters is 1. The van der Waals surface area contributed by atoms with Crippen LogP contribution in [0.2, 0.25) is 0 Å². The molecule has 2 rings (SSSR count). The van der Waals surface area contributed by atoms with E-state index in [0.29, 0.717) is 18.8 Å². The summed E-state index contributed by atoms with van der Waals surface area (Å²) in [5, 5.41) is 16.6. The van der Waals surface area contributed by atoms with Gasteiger partial charge in [-0.1, -0.05) is 19.1 Å². The van der Waals surface area contributed by atoms with E-state index >= 15 is 0 Å². The van der Waals surface area contributed by atoms with Crippen molar-refractivity contribution < 1.29 is 24.2 Å². The first-order chi connectivity index (χ1) is 13.3. The number of nitrogens with zero attached hydrogens (tertiary/aromatic N) is 2. The number of hydrogen-bond acceptors (Lipinski definition) is 6. The molecule has 2 aromatic rings. The van der Waals surface area contributed by atoms with Gasteiger partial charge in [-0.2, -0.15) is 5.10 Å². The fourth-order valence-electron chi connectivity index (χ4n) is 2.37. The zero-order valence-corrected chi connectivity index (χ0v) is 16.4. The summed E-state index contributed by atoms with van der Waals surface area (Å²) >= 11 is 0. The van der Waals surface area contributed by atoms with Crippen LogP contribution >= 0.6 is 0 Å². The summed E-state index contributed by atoms with van der Waals surface area (Å²) in [5.41, 5.74) is 1.27. The number of carbonyl (C=O) groups excluding carboxylic acids is 1. The van der Waals surface area contributed by atoms with Crippen LogP contribution in [0.3, 0.4) is 0 Å². The standard InChI is InChI=1S/C20H25N3O5/c1-5-14(3)28-20(26)17(19(24)25)11-21-18-10-13(2)22-23(18)12-15-6-8-16(27-4)9-7-15/h6-11,14,21H,5,12H2,1-4H3,(H,24,25). The predicted octanol–water partition coefficient (Wildman–Crippen LogP) is 2.97. The lowest BCUT2D eigenvalue weighted by molar-refractivity contribution is -0.147. The Bertz CT molecular complexity index is 855. The fourth-order valence-corrected chi connectivity index (χ4v) is 2.37. The Kier molecular flexibility index (Phi) is 7.20. The number of aliphatic carboxylic acids is 1. The molecule has 1 aromatic heterocycles. The van der Waals surface area contributed by atoms with E-state index < -0.39 is 17.5 Å². The van der Waals surface area contributed by atoms with Crippen molar-refractivity contribution in [3.63, 3.8) is 0 Å². The van der Waals surface area contributed by atoms with E-state index in [1.54, 1.807) is 24.8 Å². The van der Waals surface area contributed by atoms with Crippen molar-refractivity contribution in [2.75, 3.05) is 12.4 Å². The summed E-state index contributed by atoms with van der Waals surface area (Å²) in [6.07, 6.45) is 1.37. The molecule has 2 N–H and O–H groups in total. The number of carbonyl (C=O) groups is 2. The number of aryl methyl sites for hydroxylation is 1. The highest BCUT2D eigenvalue weighted by molar-refractivity contribution is 6.13. The second kappa shape index (κ2) is 9.59. The van der Waals surface area contributed by atoms with Gasteiger partial charge in [0, 0.05) is 12.3 Å². The number of methoxy groups -OCH3 is 1. The van der Waals surface area contributed by atoms with Crippen LogP contribution in [0, 0.1) is 6.92 Å². The number of benzene rings is 1. The van der Waals surface area contributed by atoms with E-state index in [-0.39, 0.29) is 6.10 Å². The van der Waals surface area contributed by atoms with Crippen LogP contribution < -0.4 is 10.1 Å². The van der Waals surface area contributed by atoms with Gasteiger partial charge < -0.3 is 19.9 Å². The topological polar surface area (TPSA) is 103 Å². The molecule has 8 heteroatoms. The molecule has 28 heavy (non-hydrogen) atoms. The minimum absolute atomic E-state index is 0.363. The molecular weight excluding hydrogens is 362 g/mol. The zero-order chi connectivity index (χ0) is 20.7. The number of aromatic nitrogens is 2. The molecule has 0 amide bonds. The van der Waals surface area contributed by atoms with Crippen LogP contribution in [0.1, 0.15) is 31.5 Å². The van der Waals surface area contributed by atoms with Crippen LogP contribution in [0.15, 0.2) is 42.1 Å². The van der Waals surface area contributed by atoms with Crippen molar-refractivity contribution in [3.05, 3.63) is 53.4 Å². The maximum Gasteiger partial charge on any atom is 0.347 e. The summed E-state index contributed by atoms with van der Waals surface area (Å²) in [6.45, 7) is 5.85. The van der Waals surface area contributed by atoms with Crippen molar-refractivity contribution in [1.82, 2.24) is 9.78 Å². The quantitative estimate of drug-likeness (QED) is 0.295. The molecule has 0 saturated heterocycles. The van der Waals surface area contributed by atoms with Crippen molar-refractivity contribution in [1.29, 1.82) is 0 Å². The monoisotopic (exact) mass is 387 g/mol. The first kappa shape index (κ1) is 21.0. The van der Waals surface area contributed by atoms with Crippen molar-refractivity contribution in [2.24, 2.45) is 0 Å². The molecule has 0 radical (unpaired) electrons. The summed E-state index contributed by atoms with van der Waals surface area (Å²) in [5.74, 6) is -0.929. The third kappa shape index (κ3) is 5.60. The summed E-state index contributed by atoms with van der Waals surface area (Å²) < 4.78 is 11.9. The zero-order valence-electron chi connectivity index (χ0n) is 16.4. The first-order valence-corrected chi connectivity index (χ1v) is 8.92. The van der Waals surface area contributed by atoms with E-state index in [4.69, 9.17) is 9.47 Å². The third-order valence-corrected chi connectivity index (χ3v) is 4.09. The lowest BCUT2D eigenvalue weighted by Crippen LogP contribution is -2.21. The van der Waals surface area contributed by atoms with Crippen LogP contribution in [-0.4, -0.2) is 40.0 Å². The van der Waals surface area contributed by atoms with E-state index in [9.17, 15) is 14.7 Å². The molecule has 1 unspecified atom stereocenters. The van der Waals surface area contributed by atoms with Crippen LogP contribution in [0.25, 0.3) is 0 Å². The second-order valence-corrected chi connectivity index (χ2v) is 6.31. The minimum atomic E-state index is -1.36. The molecule has 1 atom stereocenters. The third-order valence-electron chi connectivity index (χ3n) is 4.09. The van der Waals surface area contributed by atoms with Gasteiger partial charge in [-0.3, -0.25) is 0 Å². The largest absolute Gasteiger partial charge is 0.497 e. The second-order valence-electron chi connectivity index (χ2n) is 6.31. The Morgan fingerprint density at radius 1 is 1.32 bits per heavy atom. The summed E-state index contributed by atoms with van der Waals surface area (Å²) in [4.78, 5) is 23.5. The normalized spacial score (nSPS) is 12.4. The average molecular weight is 387 g/mol. The fraction of sp³-hybridized carbons (Fsp3) is 0.350. The molecule has 150 valence electrons. The molecule has 1 aromatic carbocycles. The summed E-state index contributed by atoms with van der Waals surface area (Å²) in [7, 11) is 1.60.